The van der Waals surface area contributed by atoms with Crippen molar-refractivity contribution in [1.82, 2.24) is 25.1 Å². The van der Waals surface area contributed by atoms with Crippen LogP contribution < -0.4 is 14.8 Å². The molecule has 1 aliphatic rings. The van der Waals surface area contributed by atoms with Gasteiger partial charge in [-0.1, -0.05) is 17.7 Å². The zero-order chi connectivity index (χ0) is 24.0. The molecule has 3 aromatic heterocycles. The molecule has 0 aliphatic carbocycles. The largest absolute Gasteiger partial charge is 0.486 e. The van der Waals surface area contributed by atoms with Crippen LogP contribution in [0.25, 0.3) is 10.9 Å². The molecule has 5 rings (SSSR count). The van der Waals surface area contributed by atoms with E-state index in [0.29, 0.717) is 29.9 Å². The van der Waals surface area contributed by atoms with E-state index < -0.39 is 0 Å². The Balaban J connectivity index is 1.26. The van der Waals surface area contributed by atoms with E-state index in [1.807, 2.05) is 30.3 Å². The molecule has 1 aliphatic heterocycles. The summed E-state index contributed by atoms with van der Waals surface area (Å²) in [5.41, 5.74) is 3.12. The fourth-order valence-corrected chi connectivity index (χ4v) is 4.52. The van der Waals surface area contributed by atoms with Crippen LogP contribution in [0, 0.1) is 0 Å². The van der Waals surface area contributed by atoms with Gasteiger partial charge in [0.05, 0.1) is 46.3 Å². The summed E-state index contributed by atoms with van der Waals surface area (Å²) in [5.74, 6) is 1.08. The van der Waals surface area contributed by atoms with E-state index in [2.05, 4.69) is 30.4 Å². The molecule has 10 heteroatoms. The molecule has 0 spiro atoms. The zero-order valence-corrected chi connectivity index (χ0v) is 19.9. The number of nitrogens with zero attached hydrogens (tertiary/aromatic N) is 4. The Morgan fingerprint density at radius 3 is 2.97 bits per heavy atom. The average Bonchev–Trinajstić information content (AvgIpc) is 3.52. The molecule has 0 amide bonds. The Kier molecular flexibility index (Phi) is 7.27. The lowest BCUT2D eigenvalue weighted by atomic mass is 10.2. The van der Waals surface area contributed by atoms with Crippen LogP contribution in [0.4, 0.5) is 11.4 Å². The highest BCUT2D eigenvalue weighted by Crippen LogP contribution is 2.34. The van der Waals surface area contributed by atoms with Crippen LogP contribution in [0.5, 0.6) is 11.6 Å². The number of hydrogen-bond donors (Lipinski definition) is 3. The molecule has 4 heterocycles. The number of nitrogens with one attached hydrogen (secondary N) is 2. The minimum atomic E-state index is 0.181. The summed E-state index contributed by atoms with van der Waals surface area (Å²) in [5, 5.41) is 21.5. The molecule has 3 N–H and O–H groups in total. The first-order chi connectivity index (χ1) is 17.2. The maximum absolute atomic E-state index is 9.52. The molecule has 0 radical (unpaired) electrons. The Morgan fingerprint density at radius 2 is 2.14 bits per heavy atom. The number of hydrogen-bond acceptors (Lipinski definition) is 8. The second-order valence-corrected chi connectivity index (χ2v) is 8.79. The van der Waals surface area contributed by atoms with E-state index in [1.54, 1.807) is 24.7 Å². The zero-order valence-electron chi connectivity index (χ0n) is 19.2. The van der Waals surface area contributed by atoms with Crippen molar-refractivity contribution < 1.29 is 14.6 Å². The molecule has 0 bridgehead atoms. The van der Waals surface area contributed by atoms with Crippen molar-refractivity contribution in [3.8, 4) is 11.6 Å². The molecular weight excluding hydrogens is 468 g/mol. The molecular formula is C25H27ClN6O3. The van der Waals surface area contributed by atoms with E-state index in [4.69, 9.17) is 21.1 Å². The Hall–Kier alpha value is -3.40. The highest BCUT2D eigenvalue weighted by molar-refractivity contribution is 6.32. The average molecular weight is 495 g/mol. The van der Waals surface area contributed by atoms with Crippen LogP contribution in [0.3, 0.4) is 0 Å². The molecule has 1 fully saturated rings. The van der Waals surface area contributed by atoms with Crippen LogP contribution in [0.2, 0.25) is 5.02 Å². The van der Waals surface area contributed by atoms with Crippen molar-refractivity contribution in [1.29, 1.82) is 0 Å². The topological polar surface area (TPSA) is 108 Å². The number of benzene rings is 1. The number of aliphatic hydroxyl groups excluding tert-OH is 1. The van der Waals surface area contributed by atoms with Gasteiger partial charge in [0.25, 0.3) is 0 Å². The van der Waals surface area contributed by atoms with Crippen molar-refractivity contribution >= 4 is 33.9 Å². The standard InChI is InChI=1S/C25H27ClN6O3/c26-20-12-17(6-7-23(20)35-16-18-4-1-2-8-28-18)29-21-13-27-14-22-24(21)25(31-30-22)34-11-10-32-9-3-5-19(32)15-33/h1-2,4,6-8,12-14,19,29,33H,3,5,9-11,15-16H2,(H,30,31)/t19-/m0/s1. The fourth-order valence-electron chi connectivity index (χ4n) is 4.28. The first kappa shape index (κ1) is 23.3. The smallest absolute Gasteiger partial charge is 0.242 e. The molecule has 1 saturated heterocycles. The second-order valence-electron chi connectivity index (χ2n) is 8.38. The normalized spacial score (nSPS) is 16.0. The summed E-state index contributed by atoms with van der Waals surface area (Å²) in [7, 11) is 0. The van der Waals surface area contributed by atoms with Gasteiger partial charge in [-0.25, -0.2) is 0 Å². The van der Waals surface area contributed by atoms with Gasteiger partial charge in [-0.2, -0.15) is 0 Å². The molecule has 1 atom stereocenters. The lowest BCUT2D eigenvalue weighted by molar-refractivity contribution is 0.138. The van der Waals surface area contributed by atoms with Crippen molar-refractivity contribution in [2.45, 2.75) is 25.5 Å². The molecule has 1 aromatic carbocycles. The summed E-state index contributed by atoms with van der Waals surface area (Å²) in [6.07, 6.45) is 7.30. The predicted octanol–water partition coefficient (Wildman–Crippen LogP) is 4.16. The summed E-state index contributed by atoms with van der Waals surface area (Å²) < 4.78 is 11.8. The van der Waals surface area contributed by atoms with Crippen LogP contribution in [-0.2, 0) is 6.61 Å². The quantitative estimate of drug-likeness (QED) is 0.301. The number of aromatic nitrogens is 4. The third kappa shape index (κ3) is 5.48. The number of anilines is 2. The molecule has 0 unspecified atom stereocenters. The first-order valence-corrected chi connectivity index (χ1v) is 12.0. The highest BCUT2D eigenvalue weighted by Gasteiger charge is 2.23. The van der Waals surface area contributed by atoms with Crippen LogP contribution in [0.1, 0.15) is 18.5 Å². The Bertz CT molecular complexity index is 1270. The summed E-state index contributed by atoms with van der Waals surface area (Å²) in [6.45, 7) is 2.72. The third-order valence-electron chi connectivity index (χ3n) is 6.08. The van der Waals surface area contributed by atoms with Gasteiger partial charge < -0.3 is 19.9 Å². The van der Waals surface area contributed by atoms with E-state index in [1.165, 1.54) is 0 Å². The second kappa shape index (κ2) is 10.9. The SMILES string of the molecule is OC[C@@H]1CCCN1CCOc1n[nH]c2cncc(Nc3ccc(OCc4ccccn4)c(Cl)c3)c12. The predicted molar refractivity (Wildman–Crippen MR) is 134 cm³/mol. The van der Waals surface area contributed by atoms with Crippen molar-refractivity contribution in [2.24, 2.45) is 0 Å². The van der Waals surface area contributed by atoms with E-state index in [9.17, 15) is 5.11 Å². The lowest BCUT2D eigenvalue weighted by Gasteiger charge is -2.22. The van der Waals surface area contributed by atoms with Gasteiger partial charge in [-0.05, 0) is 49.7 Å². The fraction of sp³-hybridized carbons (Fsp3) is 0.320. The molecule has 35 heavy (non-hydrogen) atoms. The highest BCUT2D eigenvalue weighted by atomic mass is 35.5. The summed E-state index contributed by atoms with van der Waals surface area (Å²) in [4.78, 5) is 10.8. The molecule has 182 valence electrons. The minimum absolute atomic E-state index is 0.181. The number of ether oxygens (including phenoxy) is 2. The Morgan fingerprint density at radius 1 is 1.20 bits per heavy atom. The van der Waals surface area contributed by atoms with Gasteiger partial charge in [0.2, 0.25) is 5.88 Å². The van der Waals surface area contributed by atoms with Gasteiger partial charge in [-0.15, -0.1) is 5.10 Å². The number of likely N-dealkylation sites (tertiary alicyclic amines) is 1. The maximum Gasteiger partial charge on any atom is 0.242 e. The number of fused-ring (bicyclic) bond motifs is 1. The molecule has 0 saturated carbocycles. The van der Waals surface area contributed by atoms with Gasteiger partial charge in [-0.3, -0.25) is 20.0 Å². The number of H-pyrrole nitrogens is 1. The monoisotopic (exact) mass is 494 g/mol. The summed E-state index contributed by atoms with van der Waals surface area (Å²) in [6, 6.07) is 11.4. The van der Waals surface area contributed by atoms with Crippen LogP contribution >= 0.6 is 11.6 Å². The number of aliphatic hydroxyl groups is 1. The number of halogens is 1. The van der Waals surface area contributed by atoms with E-state index in [0.717, 1.165) is 53.9 Å². The number of rotatable bonds is 10. The summed E-state index contributed by atoms with van der Waals surface area (Å²) >= 11 is 6.48. The van der Waals surface area contributed by atoms with Gasteiger partial charge in [0.1, 0.15) is 19.0 Å². The van der Waals surface area contributed by atoms with Crippen LogP contribution in [-0.4, -0.2) is 62.5 Å². The van der Waals surface area contributed by atoms with Crippen molar-refractivity contribution in [2.75, 3.05) is 31.6 Å². The van der Waals surface area contributed by atoms with Gasteiger partial charge in [0, 0.05) is 24.5 Å². The Labute approximate surface area is 208 Å². The van der Waals surface area contributed by atoms with Crippen molar-refractivity contribution in [3.05, 3.63) is 65.7 Å². The van der Waals surface area contributed by atoms with Crippen molar-refractivity contribution in [3.63, 3.8) is 0 Å². The molecule has 4 aromatic rings. The number of aromatic amines is 1. The van der Waals surface area contributed by atoms with Crippen LogP contribution in [0.15, 0.2) is 55.0 Å². The van der Waals surface area contributed by atoms with Gasteiger partial charge in [0.15, 0.2) is 0 Å². The van der Waals surface area contributed by atoms with E-state index >= 15 is 0 Å². The third-order valence-corrected chi connectivity index (χ3v) is 6.37. The van der Waals surface area contributed by atoms with E-state index in [-0.39, 0.29) is 12.6 Å². The lowest BCUT2D eigenvalue weighted by Crippen LogP contribution is -2.35. The van der Waals surface area contributed by atoms with Gasteiger partial charge >= 0.3 is 0 Å². The number of pyridine rings is 2. The molecule has 9 nitrogen and oxygen atoms in total. The first-order valence-electron chi connectivity index (χ1n) is 11.6. The maximum atomic E-state index is 9.52. The minimum Gasteiger partial charge on any atom is -0.486 e.